The van der Waals surface area contributed by atoms with E-state index in [1.807, 2.05) is 6.92 Å². The maximum atomic E-state index is 12.6. The molecule has 2 aromatic rings. The molecule has 0 saturated heterocycles. The van der Waals surface area contributed by atoms with Gasteiger partial charge in [0.2, 0.25) is 5.89 Å². The lowest BCUT2D eigenvalue weighted by atomic mass is 9.96. The van der Waals surface area contributed by atoms with Gasteiger partial charge in [0, 0.05) is 6.92 Å². The molecule has 112 valence electrons. The zero-order valence-corrected chi connectivity index (χ0v) is 12.9. The molecule has 3 rings (SSSR count). The summed E-state index contributed by atoms with van der Waals surface area (Å²) >= 11 is 1.13. The second kappa shape index (κ2) is 5.51. The predicted octanol–water partition coefficient (Wildman–Crippen LogP) is 1.99. The van der Waals surface area contributed by atoms with E-state index in [9.17, 15) is 4.79 Å². The lowest BCUT2D eigenvalue weighted by Crippen LogP contribution is -2.44. The van der Waals surface area contributed by atoms with E-state index in [-0.39, 0.29) is 5.91 Å². The molecule has 2 heterocycles. The third-order valence-electron chi connectivity index (χ3n) is 3.86. The largest absolute Gasteiger partial charge is 0.340 e. The van der Waals surface area contributed by atoms with Crippen LogP contribution in [0.1, 0.15) is 59.7 Å². The fourth-order valence-corrected chi connectivity index (χ4v) is 3.41. The Bertz CT molecular complexity index is 645. The molecule has 1 aliphatic carbocycles. The first-order valence-electron chi connectivity index (χ1n) is 7.09. The minimum atomic E-state index is -0.524. The molecule has 1 amide bonds. The molecule has 0 spiro atoms. The van der Waals surface area contributed by atoms with Gasteiger partial charge in [0.15, 0.2) is 5.82 Å². The third-order valence-corrected chi connectivity index (χ3v) is 4.63. The zero-order chi connectivity index (χ0) is 14.9. The van der Waals surface area contributed by atoms with Gasteiger partial charge in [-0.2, -0.15) is 4.98 Å². The van der Waals surface area contributed by atoms with Crippen molar-refractivity contribution in [2.45, 2.75) is 51.5 Å². The van der Waals surface area contributed by atoms with Crippen molar-refractivity contribution in [3.05, 3.63) is 22.3 Å². The van der Waals surface area contributed by atoms with Gasteiger partial charge in [-0.3, -0.25) is 4.79 Å². The second-order valence-electron chi connectivity index (χ2n) is 5.28. The summed E-state index contributed by atoms with van der Waals surface area (Å²) in [4.78, 5) is 17.5. The highest BCUT2D eigenvalue weighted by atomic mass is 32.1. The number of carbonyl (C=O) groups excluding carboxylic acids is 1. The Morgan fingerprint density at radius 1 is 1.43 bits per heavy atom. The maximum absolute atomic E-state index is 12.6. The van der Waals surface area contributed by atoms with E-state index in [4.69, 9.17) is 4.52 Å². The van der Waals surface area contributed by atoms with Crippen molar-refractivity contribution >= 4 is 17.4 Å². The molecule has 0 unspecified atom stereocenters. The smallest absolute Gasteiger partial charge is 0.265 e. The van der Waals surface area contributed by atoms with Crippen molar-refractivity contribution < 1.29 is 9.32 Å². The molecule has 2 aromatic heterocycles. The first-order chi connectivity index (χ1) is 10.1. The SMILES string of the molecule is CCc1nnsc1C(=O)NC1(c2noc(C)n2)CCCC1. The Hall–Kier alpha value is -1.83. The third kappa shape index (κ3) is 2.55. The van der Waals surface area contributed by atoms with E-state index in [0.29, 0.717) is 23.0 Å². The summed E-state index contributed by atoms with van der Waals surface area (Å²) in [7, 11) is 0. The molecule has 0 aliphatic heterocycles. The van der Waals surface area contributed by atoms with Crippen molar-refractivity contribution in [2.24, 2.45) is 0 Å². The van der Waals surface area contributed by atoms with Gasteiger partial charge < -0.3 is 9.84 Å². The van der Waals surface area contributed by atoms with Crippen molar-refractivity contribution in [3.63, 3.8) is 0 Å². The van der Waals surface area contributed by atoms with E-state index in [2.05, 4.69) is 25.0 Å². The van der Waals surface area contributed by atoms with Crippen LogP contribution in [0.4, 0.5) is 0 Å². The van der Waals surface area contributed by atoms with Gasteiger partial charge in [0.25, 0.3) is 5.91 Å². The Morgan fingerprint density at radius 2 is 2.19 bits per heavy atom. The summed E-state index contributed by atoms with van der Waals surface area (Å²) in [6, 6.07) is 0. The number of nitrogens with zero attached hydrogens (tertiary/aromatic N) is 4. The lowest BCUT2D eigenvalue weighted by Gasteiger charge is -2.26. The summed E-state index contributed by atoms with van der Waals surface area (Å²) in [6.07, 6.45) is 4.41. The van der Waals surface area contributed by atoms with Crippen LogP contribution in [0, 0.1) is 6.92 Å². The van der Waals surface area contributed by atoms with Gasteiger partial charge in [-0.05, 0) is 30.8 Å². The normalized spacial score (nSPS) is 17.0. The molecule has 1 aliphatic rings. The van der Waals surface area contributed by atoms with Gasteiger partial charge in [-0.25, -0.2) is 0 Å². The average Bonchev–Trinajstić information content (AvgIpc) is 3.17. The van der Waals surface area contributed by atoms with Crippen LogP contribution >= 0.6 is 11.5 Å². The summed E-state index contributed by atoms with van der Waals surface area (Å²) in [5, 5.41) is 11.1. The molecular formula is C13H17N5O2S. The Labute approximate surface area is 126 Å². The summed E-state index contributed by atoms with van der Waals surface area (Å²) in [5.74, 6) is 0.937. The molecule has 1 N–H and O–H groups in total. The Morgan fingerprint density at radius 3 is 2.81 bits per heavy atom. The average molecular weight is 307 g/mol. The first-order valence-corrected chi connectivity index (χ1v) is 7.86. The van der Waals surface area contributed by atoms with Gasteiger partial charge in [0.1, 0.15) is 10.4 Å². The number of aryl methyl sites for hydroxylation is 2. The minimum Gasteiger partial charge on any atom is -0.340 e. The van der Waals surface area contributed by atoms with Crippen LogP contribution in [-0.4, -0.2) is 25.6 Å². The standard InChI is InChI=1S/C13H17N5O2S/c1-3-9-10(21-18-16-9)11(19)15-13(6-4-5-7-13)12-14-8(2)20-17-12/h3-7H2,1-2H3,(H,15,19). The van der Waals surface area contributed by atoms with E-state index < -0.39 is 5.54 Å². The topological polar surface area (TPSA) is 93.8 Å². The fraction of sp³-hybridized carbons (Fsp3) is 0.615. The van der Waals surface area contributed by atoms with Crippen molar-refractivity contribution in [3.8, 4) is 0 Å². The monoisotopic (exact) mass is 307 g/mol. The Balaban J connectivity index is 1.88. The minimum absolute atomic E-state index is 0.147. The van der Waals surface area contributed by atoms with Crippen LogP contribution in [0.5, 0.6) is 0 Å². The number of nitrogens with one attached hydrogen (secondary N) is 1. The van der Waals surface area contributed by atoms with Crippen LogP contribution in [0.15, 0.2) is 4.52 Å². The van der Waals surface area contributed by atoms with Crippen LogP contribution in [0.2, 0.25) is 0 Å². The van der Waals surface area contributed by atoms with Gasteiger partial charge >= 0.3 is 0 Å². The number of rotatable bonds is 4. The first kappa shape index (κ1) is 14.1. The highest BCUT2D eigenvalue weighted by Crippen LogP contribution is 2.37. The molecule has 0 atom stereocenters. The lowest BCUT2D eigenvalue weighted by molar-refractivity contribution is 0.0895. The summed E-state index contributed by atoms with van der Waals surface area (Å²) in [5.41, 5.74) is 0.207. The molecule has 21 heavy (non-hydrogen) atoms. The van der Waals surface area contributed by atoms with E-state index in [1.54, 1.807) is 6.92 Å². The van der Waals surface area contributed by atoms with Crippen LogP contribution in [0.3, 0.4) is 0 Å². The Kier molecular flexibility index (Phi) is 3.71. The van der Waals surface area contributed by atoms with E-state index >= 15 is 0 Å². The predicted molar refractivity (Wildman–Crippen MR) is 75.9 cm³/mol. The number of amides is 1. The highest BCUT2D eigenvalue weighted by Gasteiger charge is 2.41. The van der Waals surface area contributed by atoms with Crippen molar-refractivity contribution in [1.82, 2.24) is 25.0 Å². The van der Waals surface area contributed by atoms with Gasteiger partial charge in [-0.1, -0.05) is 29.4 Å². The molecule has 0 bridgehead atoms. The molecule has 8 heteroatoms. The highest BCUT2D eigenvalue weighted by molar-refractivity contribution is 7.08. The maximum Gasteiger partial charge on any atom is 0.265 e. The quantitative estimate of drug-likeness (QED) is 0.928. The van der Waals surface area contributed by atoms with E-state index in [1.165, 1.54) is 0 Å². The zero-order valence-electron chi connectivity index (χ0n) is 12.0. The molecular weight excluding hydrogens is 290 g/mol. The number of carbonyl (C=O) groups is 1. The molecule has 0 radical (unpaired) electrons. The summed E-state index contributed by atoms with van der Waals surface area (Å²) in [6.45, 7) is 3.71. The number of aromatic nitrogens is 4. The summed E-state index contributed by atoms with van der Waals surface area (Å²) < 4.78 is 8.95. The molecule has 1 fully saturated rings. The van der Waals surface area contributed by atoms with Gasteiger partial charge in [-0.15, -0.1) is 5.10 Å². The van der Waals surface area contributed by atoms with Crippen molar-refractivity contribution in [2.75, 3.05) is 0 Å². The number of hydrogen-bond acceptors (Lipinski definition) is 7. The van der Waals surface area contributed by atoms with Crippen LogP contribution in [-0.2, 0) is 12.0 Å². The molecule has 1 saturated carbocycles. The molecule has 7 nitrogen and oxygen atoms in total. The van der Waals surface area contributed by atoms with E-state index in [0.717, 1.165) is 42.9 Å². The molecule has 0 aromatic carbocycles. The van der Waals surface area contributed by atoms with Crippen LogP contribution < -0.4 is 5.32 Å². The van der Waals surface area contributed by atoms with Gasteiger partial charge in [0.05, 0.1) is 5.69 Å². The van der Waals surface area contributed by atoms with Crippen LogP contribution in [0.25, 0.3) is 0 Å². The fourth-order valence-electron chi connectivity index (χ4n) is 2.76. The second-order valence-corrected chi connectivity index (χ2v) is 6.04. The van der Waals surface area contributed by atoms with Crippen molar-refractivity contribution in [1.29, 1.82) is 0 Å². The number of hydrogen-bond donors (Lipinski definition) is 1.